The van der Waals surface area contributed by atoms with E-state index in [1.165, 1.54) is 25.7 Å². The van der Waals surface area contributed by atoms with E-state index in [1.807, 2.05) is 0 Å². The smallest absolute Gasteiger partial charge is 0.0798 e. The fourth-order valence-electron chi connectivity index (χ4n) is 1.65. The summed E-state index contributed by atoms with van der Waals surface area (Å²) in [4.78, 5) is 0. The van der Waals surface area contributed by atoms with Crippen LogP contribution < -0.4 is 0 Å². The van der Waals surface area contributed by atoms with Crippen LogP contribution in [0.15, 0.2) is 0 Å². The Bertz CT molecular complexity index is 104. The Kier molecular flexibility index (Phi) is 8.46. The molecule has 0 saturated heterocycles. The second-order valence-corrected chi connectivity index (χ2v) is 3.77. The first-order valence-corrected chi connectivity index (χ1v) is 5.55. The van der Waals surface area contributed by atoms with Crippen molar-refractivity contribution in [1.82, 2.24) is 0 Å². The number of unbranched alkanes of at least 4 members (excludes halogenated alkanes) is 3. The largest absolute Gasteiger partial charge is 0.394 e. The minimum atomic E-state index is -0.508. The van der Waals surface area contributed by atoms with Crippen LogP contribution in [0.4, 0.5) is 0 Å². The van der Waals surface area contributed by atoms with E-state index >= 15 is 0 Å². The van der Waals surface area contributed by atoms with Gasteiger partial charge in [-0.1, -0.05) is 46.0 Å². The van der Waals surface area contributed by atoms with Gasteiger partial charge in [-0.05, 0) is 12.3 Å². The molecule has 2 N–H and O–H groups in total. The molecule has 0 radical (unpaired) electrons. The zero-order valence-electron chi connectivity index (χ0n) is 9.00. The van der Waals surface area contributed by atoms with Crippen LogP contribution in [0.5, 0.6) is 0 Å². The Balaban J connectivity index is 3.47. The lowest BCUT2D eigenvalue weighted by Gasteiger charge is -2.19. The topological polar surface area (TPSA) is 40.5 Å². The first-order valence-electron chi connectivity index (χ1n) is 5.55. The molecule has 0 aliphatic heterocycles. The van der Waals surface area contributed by atoms with Gasteiger partial charge < -0.3 is 10.2 Å². The SMILES string of the molecule is CCCCCCC(CC)C(O)CO. The molecule has 0 aromatic rings. The molecule has 0 fully saturated rings. The molecule has 0 saturated carbocycles. The Morgan fingerprint density at radius 3 is 2.23 bits per heavy atom. The molecule has 2 atom stereocenters. The molecule has 0 rings (SSSR count). The van der Waals surface area contributed by atoms with Crippen LogP contribution in [0.3, 0.4) is 0 Å². The molecular weight excluding hydrogens is 164 g/mol. The minimum absolute atomic E-state index is 0.0910. The molecule has 13 heavy (non-hydrogen) atoms. The molecular formula is C11H24O2. The van der Waals surface area contributed by atoms with E-state index < -0.39 is 6.10 Å². The van der Waals surface area contributed by atoms with Crippen molar-refractivity contribution < 1.29 is 10.2 Å². The van der Waals surface area contributed by atoms with Gasteiger partial charge in [-0.3, -0.25) is 0 Å². The summed E-state index contributed by atoms with van der Waals surface area (Å²) in [6.07, 6.45) is 6.48. The number of rotatable bonds is 8. The Hall–Kier alpha value is -0.0800. The Labute approximate surface area is 82.0 Å². The van der Waals surface area contributed by atoms with Crippen LogP contribution in [-0.2, 0) is 0 Å². The lowest BCUT2D eigenvalue weighted by molar-refractivity contribution is 0.0411. The highest BCUT2D eigenvalue weighted by Gasteiger charge is 2.15. The van der Waals surface area contributed by atoms with E-state index in [1.54, 1.807) is 0 Å². The second kappa shape index (κ2) is 8.52. The normalized spacial score (nSPS) is 15.7. The molecule has 80 valence electrons. The molecule has 0 aliphatic rings. The summed E-state index contributed by atoms with van der Waals surface area (Å²) in [5.74, 6) is 0.293. The summed E-state index contributed by atoms with van der Waals surface area (Å²) in [5, 5.41) is 18.2. The molecule has 2 nitrogen and oxygen atoms in total. The van der Waals surface area contributed by atoms with Gasteiger partial charge in [0.05, 0.1) is 12.7 Å². The van der Waals surface area contributed by atoms with Gasteiger partial charge >= 0.3 is 0 Å². The van der Waals surface area contributed by atoms with Gasteiger partial charge in [0.1, 0.15) is 0 Å². The molecule has 0 aromatic carbocycles. The fraction of sp³-hybridized carbons (Fsp3) is 1.00. The van der Waals surface area contributed by atoms with Gasteiger partial charge in [0.15, 0.2) is 0 Å². The molecule has 0 amide bonds. The highest BCUT2D eigenvalue weighted by molar-refractivity contribution is 4.66. The average Bonchev–Trinajstić information content (AvgIpc) is 2.17. The van der Waals surface area contributed by atoms with E-state index in [4.69, 9.17) is 5.11 Å². The van der Waals surface area contributed by atoms with E-state index in [-0.39, 0.29) is 6.61 Å². The zero-order chi connectivity index (χ0) is 10.1. The third-order valence-corrected chi connectivity index (χ3v) is 2.68. The van der Waals surface area contributed by atoms with Gasteiger partial charge in [0.2, 0.25) is 0 Å². The first-order chi connectivity index (χ1) is 6.26. The van der Waals surface area contributed by atoms with E-state index in [0.29, 0.717) is 5.92 Å². The van der Waals surface area contributed by atoms with Crippen LogP contribution >= 0.6 is 0 Å². The molecule has 0 aliphatic carbocycles. The molecule has 2 unspecified atom stereocenters. The third-order valence-electron chi connectivity index (χ3n) is 2.68. The number of aliphatic hydroxyl groups excluding tert-OH is 2. The van der Waals surface area contributed by atoms with Gasteiger partial charge in [0.25, 0.3) is 0 Å². The van der Waals surface area contributed by atoms with Crippen LogP contribution in [0.1, 0.15) is 52.4 Å². The van der Waals surface area contributed by atoms with Crippen molar-refractivity contribution in [3.05, 3.63) is 0 Å². The predicted molar refractivity (Wildman–Crippen MR) is 55.6 cm³/mol. The lowest BCUT2D eigenvalue weighted by atomic mass is 9.93. The van der Waals surface area contributed by atoms with Gasteiger partial charge in [-0.2, -0.15) is 0 Å². The van der Waals surface area contributed by atoms with Crippen molar-refractivity contribution in [2.75, 3.05) is 6.61 Å². The zero-order valence-corrected chi connectivity index (χ0v) is 9.00. The summed E-state index contributed by atoms with van der Waals surface area (Å²) in [7, 11) is 0. The van der Waals surface area contributed by atoms with E-state index in [0.717, 1.165) is 12.8 Å². The third kappa shape index (κ3) is 6.05. The van der Waals surface area contributed by atoms with Gasteiger partial charge in [0, 0.05) is 0 Å². The number of hydrogen-bond donors (Lipinski definition) is 2. The molecule has 0 aromatic heterocycles. The Morgan fingerprint density at radius 1 is 1.08 bits per heavy atom. The summed E-state index contributed by atoms with van der Waals surface area (Å²) in [6, 6.07) is 0. The van der Waals surface area contributed by atoms with E-state index in [9.17, 15) is 5.11 Å². The average molecular weight is 188 g/mol. The van der Waals surface area contributed by atoms with Crippen molar-refractivity contribution >= 4 is 0 Å². The predicted octanol–water partition coefficient (Wildman–Crippen LogP) is 2.34. The molecule has 2 heteroatoms. The number of aliphatic hydroxyl groups is 2. The highest BCUT2D eigenvalue weighted by atomic mass is 16.3. The summed E-state index contributed by atoms with van der Waals surface area (Å²) >= 11 is 0. The summed E-state index contributed by atoms with van der Waals surface area (Å²) < 4.78 is 0. The van der Waals surface area contributed by atoms with Gasteiger partial charge in [-0.15, -0.1) is 0 Å². The molecule has 0 bridgehead atoms. The maximum atomic E-state index is 9.42. The summed E-state index contributed by atoms with van der Waals surface area (Å²) in [6.45, 7) is 4.18. The minimum Gasteiger partial charge on any atom is -0.394 e. The standard InChI is InChI=1S/C11H24O2/c1-3-5-6-7-8-10(4-2)11(13)9-12/h10-13H,3-9H2,1-2H3. The monoisotopic (exact) mass is 188 g/mol. The van der Waals surface area contributed by atoms with Crippen LogP contribution in [0.2, 0.25) is 0 Å². The number of hydrogen-bond acceptors (Lipinski definition) is 2. The van der Waals surface area contributed by atoms with Crippen molar-refractivity contribution in [1.29, 1.82) is 0 Å². The second-order valence-electron chi connectivity index (χ2n) is 3.77. The van der Waals surface area contributed by atoms with Crippen molar-refractivity contribution in [3.63, 3.8) is 0 Å². The summed E-state index contributed by atoms with van der Waals surface area (Å²) in [5.41, 5.74) is 0. The van der Waals surface area contributed by atoms with Crippen LogP contribution in [0, 0.1) is 5.92 Å². The first kappa shape index (κ1) is 12.9. The van der Waals surface area contributed by atoms with Crippen molar-refractivity contribution in [3.8, 4) is 0 Å². The lowest BCUT2D eigenvalue weighted by Crippen LogP contribution is -2.23. The Morgan fingerprint density at radius 2 is 1.77 bits per heavy atom. The van der Waals surface area contributed by atoms with E-state index in [2.05, 4.69) is 13.8 Å². The van der Waals surface area contributed by atoms with Crippen LogP contribution in [-0.4, -0.2) is 22.9 Å². The van der Waals surface area contributed by atoms with Crippen molar-refractivity contribution in [2.24, 2.45) is 5.92 Å². The fourth-order valence-corrected chi connectivity index (χ4v) is 1.65. The molecule has 0 spiro atoms. The van der Waals surface area contributed by atoms with Crippen molar-refractivity contribution in [2.45, 2.75) is 58.5 Å². The molecule has 0 heterocycles. The highest BCUT2D eigenvalue weighted by Crippen LogP contribution is 2.17. The maximum Gasteiger partial charge on any atom is 0.0798 e. The van der Waals surface area contributed by atoms with Crippen LogP contribution in [0.25, 0.3) is 0 Å². The maximum absolute atomic E-state index is 9.42. The van der Waals surface area contributed by atoms with Gasteiger partial charge in [-0.25, -0.2) is 0 Å². The quantitative estimate of drug-likeness (QED) is 0.574.